The van der Waals surface area contributed by atoms with Crippen molar-refractivity contribution in [1.29, 1.82) is 0 Å². The van der Waals surface area contributed by atoms with Crippen LogP contribution in [0.5, 0.6) is 0 Å². The lowest BCUT2D eigenvalue weighted by Gasteiger charge is -2.13. The largest absolute Gasteiger partial charge is 0.478 e. The predicted molar refractivity (Wildman–Crippen MR) is 80.1 cm³/mol. The van der Waals surface area contributed by atoms with Gasteiger partial charge in [-0.05, 0) is 37.5 Å². The Morgan fingerprint density at radius 2 is 2.10 bits per heavy atom. The topological polar surface area (TPSA) is 95.5 Å². The smallest absolute Gasteiger partial charge is 0.335 e. The minimum atomic E-state index is -3.71. The lowest BCUT2D eigenvalue weighted by atomic mass is 10.2. The highest BCUT2D eigenvalue weighted by molar-refractivity contribution is 7.89. The first-order valence-electron chi connectivity index (χ1n) is 7.07. The monoisotopic (exact) mass is 312 g/mol. The summed E-state index contributed by atoms with van der Waals surface area (Å²) in [5, 5.41) is 12.2. The standard InChI is InChI=1S/C14H20N2O4S/c1-2-3-8-15-21(19,20)13-9-10(14(17)18)4-7-12(13)16-11-5-6-11/h4,7,9,11,15-16H,2-3,5-6,8H2,1H3,(H,17,18). The molecule has 0 aliphatic heterocycles. The molecule has 7 heteroatoms. The van der Waals surface area contributed by atoms with Crippen LogP contribution in [0.15, 0.2) is 23.1 Å². The number of benzene rings is 1. The fourth-order valence-electron chi connectivity index (χ4n) is 1.91. The molecule has 1 fully saturated rings. The third kappa shape index (κ3) is 4.18. The van der Waals surface area contributed by atoms with Crippen molar-refractivity contribution in [3.63, 3.8) is 0 Å². The maximum Gasteiger partial charge on any atom is 0.335 e. The summed E-state index contributed by atoms with van der Waals surface area (Å²) in [6.07, 6.45) is 3.63. The summed E-state index contributed by atoms with van der Waals surface area (Å²) in [5.41, 5.74) is 0.429. The molecule has 116 valence electrons. The highest BCUT2D eigenvalue weighted by atomic mass is 32.2. The van der Waals surface area contributed by atoms with E-state index >= 15 is 0 Å². The molecule has 0 aromatic heterocycles. The quantitative estimate of drug-likeness (QED) is 0.638. The van der Waals surface area contributed by atoms with E-state index in [0.717, 1.165) is 25.7 Å². The molecule has 2 rings (SSSR count). The summed E-state index contributed by atoms with van der Waals surface area (Å²) in [4.78, 5) is 11.1. The zero-order chi connectivity index (χ0) is 15.5. The normalized spacial score (nSPS) is 14.9. The van der Waals surface area contributed by atoms with Crippen LogP contribution in [-0.2, 0) is 10.0 Å². The average Bonchev–Trinajstić information content (AvgIpc) is 3.23. The third-order valence-electron chi connectivity index (χ3n) is 3.28. The van der Waals surface area contributed by atoms with E-state index < -0.39 is 16.0 Å². The molecule has 0 radical (unpaired) electrons. The molecule has 0 amide bonds. The maximum absolute atomic E-state index is 12.4. The van der Waals surface area contributed by atoms with Crippen molar-refractivity contribution in [1.82, 2.24) is 4.72 Å². The fraction of sp³-hybridized carbons (Fsp3) is 0.500. The van der Waals surface area contributed by atoms with Gasteiger partial charge in [-0.3, -0.25) is 0 Å². The second-order valence-electron chi connectivity index (χ2n) is 5.19. The Labute approximate surface area is 124 Å². The van der Waals surface area contributed by atoms with Gasteiger partial charge >= 0.3 is 5.97 Å². The maximum atomic E-state index is 12.4. The van der Waals surface area contributed by atoms with Gasteiger partial charge in [0.15, 0.2) is 0 Å². The lowest BCUT2D eigenvalue weighted by molar-refractivity contribution is 0.0696. The van der Waals surface area contributed by atoms with Gasteiger partial charge in [0.05, 0.1) is 11.3 Å². The number of rotatable bonds is 8. The molecular weight excluding hydrogens is 292 g/mol. The summed E-state index contributed by atoms with van der Waals surface area (Å²) in [5.74, 6) is -1.14. The first-order chi connectivity index (χ1) is 9.94. The van der Waals surface area contributed by atoms with Crippen LogP contribution in [0.2, 0.25) is 0 Å². The summed E-state index contributed by atoms with van der Waals surface area (Å²) in [6.45, 7) is 2.32. The Bertz CT molecular complexity index is 624. The number of hydrogen-bond acceptors (Lipinski definition) is 4. The molecule has 3 N–H and O–H groups in total. The number of carbonyl (C=O) groups is 1. The second kappa shape index (κ2) is 6.44. The van der Waals surface area contributed by atoms with Gasteiger partial charge in [-0.15, -0.1) is 0 Å². The number of unbranched alkanes of at least 4 members (excludes halogenated alkanes) is 1. The van der Waals surface area contributed by atoms with Gasteiger partial charge in [0, 0.05) is 12.6 Å². The molecule has 0 atom stereocenters. The molecule has 21 heavy (non-hydrogen) atoms. The molecule has 1 aliphatic rings. The van der Waals surface area contributed by atoms with Gasteiger partial charge in [-0.25, -0.2) is 17.9 Å². The highest BCUT2D eigenvalue weighted by Crippen LogP contribution is 2.29. The molecule has 0 heterocycles. The number of aromatic carboxylic acids is 1. The summed E-state index contributed by atoms with van der Waals surface area (Å²) >= 11 is 0. The number of anilines is 1. The van der Waals surface area contributed by atoms with Crippen LogP contribution in [0.25, 0.3) is 0 Å². The molecule has 1 saturated carbocycles. The van der Waals surface area contributed by atoms with Crippen molar-refractivity contribution in [3.8, 4) is 0 Å². The van der Waals surface area contributed by atoms with Crippen LogP contribution in [0.3, 0.4) is 0 Å². The van der Waals surface area contributed by atoms with Crippen LogP contribution in [0.4, 0.5) is 5.69 Å². The van der Waals surface area contributed by atoms with Crippen molar-refractivity contribution in [2.75, 3.05) is 11.9 Å². The van der Waals surface area contributed by atoms with Gasteiger partial charge in [0.2, 0.25) is 10.0 Å². The Balaban J connectivity index is 2.32. The van der Waals surface area contributed by atoms with Crippen molar-refractivity contribution in [3.05, 3.63) is 23.8 Å². The van der Waals surface area contributed by atoms with Gasteiger partial charge in [0.1, 0.15) is 4.90 Å². The van der Waals surface area contributed by atoms with E-state index in [9.17, 15) is 13.2 Å². The second-order valence-corrected chi connectivity index (χ2v) is 6.92. The van der Waals surface area contributed by atoms with Crippen LogP contribution in [-0.4, -0.2) is 32.1 Å². The molecule has 1 aliphatic carbocycles. The summed E-state index contributed by atoms with van der Waals surface area (Å²) < 4.78 is 27.2. The molecule has 0 saturated heterocycles. The van der Waals surface area contributed by atoms with E-state index in [2.05, 4.69) is 10.0 Å². The molecule has 1 aromatic rings. The third-order valence-corrected chi connectivity index (χ3v) is 4.78. The summed E-state index contributed by atoms with van der Waals surface area (Å²) in [7, 11) is -3.71. The number of hydrogen-bond donors (Lipinski definition) is 3. The molecule has 6 nitrogen and oxygen atoms in total. The first-order valence-corrected chi connectivity index (χ1v) is 8.56. The highest BCUT2D eigenvalue weighted by Gasteiger charge is 2.26. The van der Waals surface area contributed by atoms with Crippen LogP contribution < -0.4 is 10.0 Å². The lowest BCUT2D eigenvalue weighted by Crippen LogP contribution is -2.26. The Kier molecular flexibility index (Phi) is 4.84. The Morgan fingerprint density at radius 3 is 2.67 bits per heavy atom. The van der Waals surface area contributed by atoms with Gasteiger partial charge in [0.25, 0.3) is 0 Å². The van der Waals surface area contributed by atoms with E-state index in [4.69, 9.17) is 5.11 Å². The summed E-state index contributed by atoms with van der Waals surface area (Å²) in [6, 6.07) is 4.43. The molecule has 0 bridgehead atoms. The zero-order valence-electron chi connectivity index (χ0n) is 11.9. The van der Waals surface area contributed by atoms with E-state index in [0.29, 0.717) is 12.2 Å². The van der Waals surface area contributed by atoms with Crippen molar-refractivity contribution >= 4 is 21.7 Å². The average molecular weight is 312 g/mol. The van der Waals surface area contributed by atoms with Crippen molar-refractivity contribution < 1.29 is 18.3 Å². The Morgan fingerprint density at radius 1 is 1.38 bits per heavy atom. The number of carboxylic acids is 1. The van der Waals surface area contributed by atoms with E-state index in [1.807, 2.05) is 6.92 Å². The van der Waals surface area contributed by atoms with Crippen molar-refractivity contribution in [2.45, 2.75) is 43.5 Å². The minimum Gasteiger partial charge on any atom is -0.478 e. The number of carboxylic acid groups (broad SMARTS) is 1. The van der Waals surface area contributed by atoms with Crippen LogP contribution in [0.1, 0.15) is 43.0 Å². The predicted octanol–water partition coefficient (Wildman–Crippen LogP) is 2.04. The Hall–Kier alpha value is -1.60. The molecule has 1 aromatic carbocycles. The van der Waals surface area contributed by atoms with E-state index in [1.165, 1.54) is 18.2 Å². The first kappa shape index (κ1) is 15.8. The van der Waals surface area contributed by atoms with E-state index in [1.54, 1.807) is 0 Å². The molecule has 0 unspecified atom stereocenters. The molecular formula is C14H20N2O4S. The SMILES string of the molecule is CCCCNS(=O)(=O)c1cc(C(=O)O)ccc1NC1CC1. The molecule has 0 spiro atoms. The van der Waals surface area contributed by atoms with Crippen LogP contribution in [0, 0.1) is 0 Å². The van der Waals surface area contributed by atoms with Gasteiger partial charge < -0.3 is 10.4 Å². The van der Waals surface area contributed by atoms with Crippen molar-refractivity contribution in [2.24, 2.45) is 0 Å². The van der Waals surface area contributed by atoms with Crippen LogP contribution >= 0.6 is 0 Å². The zero-order valence-corrected chi connectivity index (χ0v) is 12.7. The van der Waals surface area contributed by atoms with Gasteiger partial charge in [-0.1, -0.05) is 13.3 Å². The minimum absolute atomic E-state index is 0.00500. The van der Waals surface area contributed by atoms with Gasteiger partial charge in [-0.2, -0.15) is 0 Å². The number of nitrogens with one attached hydrogen (secondary N) is 2. The number of sulfonamides is 1. The van der Waals surface area contributed by atoms with E-state index in [-0.39, 0.29) is 16.5 Å². The fourth-order valence-corrected chi connectivity index (χ4v) is 3.17.